The molecule has 1 heterocycles. The molecular formula is C26H28BrN3O4S. The molecule has 3 aromatic rings. The van der Waals surface area contributed by atoms with Gasteiger partial charge in [0.25, 0.3) is 10.0 Å². The highest BCUT2D eigenvalue weighted by Crippen LogP contribution is 2.42. The van der Waals surface area contributed by atoms with Gasteiger partial charge in [0.15, 0.2) is 0 Å². The molecule has 1 N–H and O–H groups in total. The van der Waals surface area contributed by atoms with Crippen LogP contribution >= 0.6 is 15.9 Å². The third-order valence-corrected chi connectivity index (χ3v) is 8.54. The molecule has 4 rings (SSSR count). The number of benzene rings is 3. The summed E-state index contributed by atoms with van der Waals surface area (Å²) in [7, 11) is -3.67. The van der Waals surface area contributed by atoms with Gasteiger partial charge >= 0.3 is 0 Å². The highest BCUT2D eigenvalue weighted by molar-refractivity contribution is 9.10. The second kappa shape index (κ2) is 10.4. The molecule has 9 heteroatoms. The second-order valence-corrected chi connectivity index (χ2v) is 11.3. The fourth-order valence-electron chi connectivity index (χ4n) is 4.45. The Morgan fingerprint density at radius 2 is 1.80 bits per heavy atom. The van der Waals surface area contributed by atoms with Crippen molar-refractivity contribution < 1.29 is 18.0 Å². The molecule has 1 aliphatic rings. The average molecular weight is 558 g/mol. The zero-order chi connectivity index (χ0) is 25.2. The van der Waals surface area contributed by atoms with Gasteiger partial charge in [0.1, 0.15) is 6.04 Å². The molecule has 184 valence electrons. The number of nitrogens with zero attached hydrogens (tertiary/aromatic N) is 2. The van der Waals surface area contributed by atoms with Crippen LogP contribution in [-0.2, 0) is 26.2 Å². The van der Waals surface area contributed by atoms with E-state index < -0.39 is 16.1 Å². The first-order chi connectivity index (χ1) is 16.7. The molecule has 1 atom stereocenters. The topological polar surface area (TPSA) is 86.8 Å². The minimum Gasteiger partial charge on any atom is -0.355 e. The van der Waals surface area contributed by atoms with E-state index in [2.05, 4.69) is 21.2 Å². The summed E-state index contributed by atoms with van der Waals surface area (Å²) >= 11 is 3.45. The Labute approximate surface area is 214 Å². The summed E-state index contributed by atoms with van der Waals surface area (Å²) in [5.74, 6) is -0.420. The van der Waals surface area contributed by atoms with Crippen molar-refractivity contribution in [2.75, 3.05) is 17.4 Å². The molecule has 35 heavy (non-hydrogen) atoms. The van der Waals surface area contributed by atoms with Gasteiger partial charge in [-0.1, -0.05) is 52.3 Å². The molecule has 0 saturated heterocycles. The number of halogens is 1. The maximum Gasteiger partial charge on any atom is 0.265 e. The maximum atomic E-state index is 13.3. The number of hydrogen-bond acceptors (Lipinski definition) is 4. The van der Waals surface area contributed by atoms with Gasteiger partial charge in [0.2, 0.25) is 11.8 Å². The third kappa shape index (κ3) is 5.06. The summed E-state index contributed by atoms with van der Waals surface area (Å²) in [4.78, 5) is 27.7. The highest BCUT2D eigenvalue weighted by atomic mass is 79.9. The van der Waals surface area contributed by atoms with E-state index in [1.54, 1.807) is 30.0 Å². The number of hydrogen-bond donors (Lipinski definition) is 1. The average Bonchev–Trinajstić information content (AvgIpc) is 3.05. The Morgan fingerprint density at radius 1 is 1.09 bits per heavy atom. The minimum atomic E-state index is -3.67. The van der Waals surface area contributed by atoms with Crippen molar-refractivity contribution in [1.29, 1.82) is 0 Å². The third-order valence-electron chi connectivity index (χ3n) is 6.19. The van der Waals surface area contributed by atoms with Crippen LogP contribution in [0.25, 0.3) is 10.8 Å². The standard InChI is InChI=1S/C26H28BrN3O4S/c1-3-28-26(32)18(2)29(17-19-8-4-11-21(27)16-19)24(31)14-7-15-30-22-12-5-9-20-10-6-13-23(25(20)22)35(30,33)34/h4-6,8-13,16,18H,3,7,14-15,17H2,1-2H3,(H,28,32)/t18-/m0/s1. The fraction of sp³-hybridized carbons (Fsp3) is 0.308. The fourth-order valence-corrected chi connectivity index (χ4v) is 6.65. The van der Waals surface area contributed by atoms with Crippen molar-refractivity contribution in [3.63, 3.8) is 0 Å². The van der Waals surface area contributed by atoms with E-state index in [1.807, 2.05) is 49.4 Å². The number of amides is 2. The van der Waals surface area contributed by atoms with Crippen LogP contribution in [0.2, 0.25) is 0 Å². The van der Waals surface area contributed by atoms with E-state index in [0.29, 0.717) is 23.5 Å². The van der Waals surface area contributed by atoms with E-state index in [4.69, 9.17) is 0 Å². The van der Waals surface area contributed by atoms with Gasteiger partial charge in [-0.05, 0) is 55.5 Å². The molecular weight excluding hydrogens is 530 g/mol. The number of carbonyl (C=O) groups excluding carboxylic acids is 2. The number of rotatable bonds is 9. The molecule has 1 aliphatic heterocycles. The predicted octanol–water partition coefficient (Wildman–Crippen LogP) is 4.44. The van der Waals surface area contributed by atoms with E-state index >= 15 is 0 Å². The van der Waals surface area contributed by atoms with Gasteiger partial charge in [0, 0.05) is 35.9 Å². The van der Waals surface area contributed by atoms with E-state index in [1.165, 1.54) is 4.31 Å². The Bertz CT molecular complexity index is 1370. The summed E-state index contributed by atoms with van der Waals surface area (Å²) in [5.41, 5.74) is 1.54. The monoisotopic (exact) mass is 557 g/mol. The van der Waals surface area contributed by atoms with E-state index in [9.17, 15) is 18.0 Å². The largest absolute Gasteiger partial charge is 0.355 e. The number of carbonyl (C=O) groups is 2. The Kier molecular flexibility index (Phi) is 7.47. The lowest BCUT2D eigenvalue weighted by Crippen LogP contribution is -2.47. The molecule has 2 amide bonds. The van der Waals surface area contributed by atoms with Gasteiger partial charge in [0.05, 0.1) is 10.6 Å². The maximum absolute atomic E-state index is 13.3. The van der Waals surface area contributed by atoms with Crippen LogP contribution in [0, 0.1) is 0 Å². The molecule has 0 unspecified atom stereocenters. The molecule has 3 aromatic carbocycles. The lowest BCUT2D eigenvalue weighted by atomic mass is 10.1. The molecule has 0 saturated carbocycles. The number of anilines is 1. The van der Waals surface area contributed by atoms with E-state index in [-0.39, 0.29) is 31.3 Å². The molecule has 0 bridgehead atoms. The van der Waals surface area contributed by atoms with Gasteiger partial charge in [-0.15, -0.1) is 0 Å². The second-order valence-electron chi connectivity index (χ2n) is 8.53. The van der Waals surface area contributed by atoms with Gasteiger partial charge < -0.3 is 10.2 Å². The van der Waals surface area contributed by atoms with Crippen molar-refractivity contribution in [3.05, 3.63) is 70.7 Å². The van der Waals surface area contributed by atoms with Crippen molar-refractivity contribution in [1.82, 2.24) is 10.2 Å². The summed E-state index contributed by atoms with van der Waals surface area (Å²) < 4.78 is 28.7. The van der Waals surface area contributed by atoms with Crippen LogP contribution in [0.15, 0.2) is 70.0 Å². The molecule has 0 fully saturated rings. The first-order valence-electron chi connectivity index (χ1n) is 11.6. The number of sulfonamides is 1. The van der Waals surface area contributed by atoms with Crippen LogP contribution in [0.4, 0.5) is 5.69 Å². The quantitative estimate of drug-likeness (QED) is 0.421. The highest BCUT2D eigenvalue weighted by Gasteiger charge is 2.35. The van der Waals surface area contributed by atoms with Crippen LogP contribution in [-0.4, -0.2) is 44.3 Å². The van der Waals surface area contributed by atoms with E-state index in [0.717, 1.165) is 20.8 Å². The molecule has 0 radical (unpaired) electrons. The molecule has 0 aliphatic carbocycles. The molecule has 0 spiro atoms. The van der Waals surface area contributed by atoms with Crippen LogP contribution in [0.1, 0.15) is 32.3 Å². The number of nitrogens with one attached hydrogen (secondary N) is 1. The first-order valence-corrected chi connectivity index (χ1v) is 13.8. The summed E-state index contributed by atoms with van der Waals surface area (Å²) in [6, 6.07) is 17.8. The predicted molar refractivity (Wildman–Crippen MR) is 141 cm³/mol. The molecule has 7 nitrogen and oxygen atoms in total. The van der Waals surface area contributed by atoms with Gasteiger partial charge in [-0.3, -0.25) is 13.9 Å². The number of likely N-dealkylation sites (N-methyl/N-ethyl adjacent to an activating group) is 1. The van der Waals surface area contributed by atoms with Crippen molar-refractivity contribution >= 4 is 54.2 Å². The van der Waals surface area contributed by atoms with Crippen LogP contribution < -0.4 is 9.62 Å². The Balaban J connectivity index is 1.50. The van der Waals surface area contributed by atoms with Crippen molar-refractivity contribution in [2.24, 2.45) is 0 Å². The van der Waals surface area contributed by atoms with Crippen LogP contribution in [0.3, 0.4) is 0 Å². The zero-order valence-electron chi connectivity index (χ0n) is 19.7. The summed E-state index contributed by atoms with van der Waals surface area (Å²) in [5, 5.41) is 4.38. The zero-order valence-corrected chi connectivity index (χ0v) is 22.1. The molecule has 0 aromatic heterocycles. The lowest BCUT2D eigenvalue weighted by Gasteiger charge is -2.29. The summed E-state index contributed by atoms with van der Waals surface area (Å²) in [6.07, 6.45) is 0.454. The smallest absolute Gasteiger partial charge is 0.265 e. The van der Waals surface area contributed by atoms with Gasteiger partial charge in [-0.25, -0.2) is 8.42 Å². The SMILES string of the molecule is CCNC(=O)[C@H](C)N(Cc1cccc(Br)c1)C(=O)CCCN1c2cccc3cccc(c23)S1(=O)=O. The van der Waals surface area contributed by atoms with Crippen molar-refractivity contribution in [3.8, 4) is 0 Å². The van der Waals surface area contributed by atoms with Crippen LogP contribution in [0.5, 0.6) is 0 Å². The van der Waals surface area contributed by atoms with Crippen molar-refractivity contribution in [2.45, 2.75) is 44.2 Å². The first kappa shape index (κ1) is 25.2. The Morgan fingerprint density at radius 3 is 2.51 bits per heavy atom. The van der Waals surface area contributed by atoms with Gasteiger partial charge in [-0.2, -0.15) is 0 Å². The lowest BCUT2D eigenvalue weighted by molar-refractivity contribution is -0.140. The summed E-state index contributed by atoms with van der Waals surface area (Å²) in [6.45, 7) is 4.48. The Hall–Kier alpha value is -2.91. The minimum absolute atomic E-state index is 0.121. The normalized spacial score (nSPS) is 14.7.